The van der Waals surface area contributed by atoms with Crippen LogP contribution in [0.5, 0.6) is 0 Å². The molecule has 8 heteroatoms. The molecule has 0 atom stereocenters. The van der Waals surface area contributed by atoms with Crippen LogP contribution in [0, 0.1) is 6.92 Å². The number of hydrogen-bond acceptors (Lipinski definition) is 8. The summed E-state index contributed by atoms with van der Waals surface area (Å²) in [6.45, 7) is 4.78. The van der Waals surface area contributed by atoms with Crippen LogP contribution in [0.4, 0.5) is 5.82 Å². The van der Waals surface area contributed by atoms with Gasteiger partial charge in [0.05, 0.1) is 25.3 Å². The number of thiazole rings is 1. The fourth-order valence-corrected chi connectivity index (χ4v) is 3.07. The summed E-state index contributed by atoms with van der Waals surface area (Å²) < 4.78 is 10.2. The van der Waals surface area contributed by atoms with Gasteiger partial charge in [-0.05, 0) is 13.0 Å². The predicted octanol–water partition coefficient (Wildman–Crippen LogP) is 1.53. The molecule has 116 valence electrons. The third-order valence-electron chi connectivity index (χ3n) is 3.29. The van der Waals surface area contributed by atoms with Crippen molar-refractivity contribution in [1.29, 1.82) is 0 Å². The van der Waals surface area contributed by atoms with E-state index in [2.05, 4.69) is 19.9 Å². The van der Waals surface area contributed by atoms with Gasteiger partial charge in [0.2, 0.25) is 0 Å². The maximum absolute atomic E-state index is 11.9. The second-order valence-corrected chi connectivity index (χ2v) is 5.94. The molecule has 0 aliphatic carbocycles. The third kappa shape index (κ3) is 2.93. The first-order chi connectivity index (χ1) is 10.7. The van der Waals surface area contributed by atoms with Crippen LogP contribution in [0.15, 0.2) is 12.3 Å². The van der Waals surface area contributed by atoms with Crippen LogP contribution < -0.4 is 4.90 Å². The number of carbonyl (C=O) groups is 1. The molecular formula is C14H16N4O3S. The van der Waals surface area contributed by atoms with E-state index < -0.39 is 5.97 Å². The highest BCUT2D eigenvalue weighted by molar-refractivity contribution is 7.14. The van der Waals surface area contributed by atoms with Gasteiger partial charge in [0.1, 0.15) is 16.4 Å². The van der Waals surface area contributed by atoms with Gasteiger partial charge in [-0.25, -0.2) is 19.7 Å². The molecule has 1 fully saturated rings. The zero-order valence-electron chi connectivity index (χ0n) is 12.4. The fraction of sp³-hybridized carbons (Fsp3) is 0.429. The van der Waals surface area contributed by atoms with E-state index in [1.165, 1.54) is 18.4 Å². The van der Waals surface area contributed by atoms with Gasteiger partial charge in [-0.1, -0.05) is 0 Å². The van der Waals surface area contributed by atoms with Gasteiger partial charge in [-0.15, -0.1) is 11.3 Å². The smallest absolute Gasteiger partial charge is 0.350 e. The molecule has 0 radical (unpaired) electrons. The molecule has 1 saturated heterocycles. The lowest BCUT2D eigenvalue weighted by atomic mass is 10.3. The largest absolute Gasteiger partial charge is 0.465 e. The second-order valence-electron chi connectivity index (χ2n) is 4.74. The molecule has 0 aromatic carbocycles. The lowest BCUT2D eigenvalue weighted by molar-refractivity contribution is 0.0607. The quantitative estimate of drug-likeness (QED) is 0.794. The van der Waals surface area contributed by atoms with Crippen molar-refractivity contribution < 1.29 is 14.3 Å². The number of morpholine rings is 1. The van der Waals surface area contributed by atoms with Crippen molar-refractivity contribution in [3.63, 3.8) is 0 Å². The van der Waals surface area contributed by atoms with Crippen molar-refractivity contribution in [2.45, 2.75) is 6.92 Å². The predicted molar refractivity (Wildman–Crippen MR) is 82.2 cm³/mol. The highest BCUT2D eigenvalue weighted by Crippen LogP contribution is 2.27. The Labute approximate surface area is 131 Å². The van der Waals surface area contributed by atoms with Crippen LogP contribution in [-0.4, -0.2) is 54.3 Å². The zero-order valence-corrected chi connectivity index (χ0v) is 13.2. The topological polar surface area (TPSA) is 77.4 Å². The summed E-state index contributed by atoms with van der Waals surface area (Å²) in [5.41, 5.74) is 0.476. The lowest BCUT2D eigenvalue weighted by Crippen LogP contribution is -2.36. The van der Waals surface area contributed by atoms with Gasteiger partial charge < -0.3 is 14.4 Å². The Kier molecular flexibility index (Phi) is 4.30. The molecule has 0 bridgehead atoms. The number of esters is 1. The van der Waals surface area contributed by atoms with Crippen LogP contribution in [-0.2, 0) is 9.47 Å². The third-order valence-corrected chi connectivity index (χ3v) is 4.24. The van der Waals surface area contributed by atoms with Crippen molar-refractivity contribution in [3.8, 4) is 11.5 Å². The zero-order chi connectivity index (χ0) is 15.5. The monoisotopic (exact) mass is 320 g/mol. The average molecular weight is 320 g/mol. The molecule has 0 spiro atoms. The first kappa shape index (κ1) is 14.9. The second kappa shape index (κ2) is 6.37. The first-order valence-electron chi connectivity index (χ1n) is 6.91. The minimum atomic E-state index is -0.416. The molecule has 22 heavy (non-hydrogen) atoms. The minimum Gasteiger partial charge on any atom is -0.465 e. The average Bonchev–Trinajstić information content (AvgIpc) is 2.97. The number of ether oxygens (including phenoxy) is 2. The summed E-state index contributed by atoms with van der Waals surface area (Å²) in [7, 11) is 1.35. The van der Waals surface area contributed by atoms with E-state index in [4.69, 9.17) is 9.47 Å². The van der Waals surface area contributed by atoms with E-state index in [9.17, 15) is 4.79 Å². The number of methoxy groups -OCH3 is 1. The van der Waals surface area contributed by atoms with E-state index in [-0.39, 0.29) is 0 Å². The number of aryl methyl sites for hydroxylation is 1. The molecule has 3 heterocycles. The van der Waals surface area contributed by atoms with Gasteiger partial charge in [-0.3, -0.25) is 0 Å². The Morgan fingerprint density at radius 3 is 2.86 bits per heavy atom. The van der Waals surface area contributed by atoms with Crippen LogP contribution >= 0.6 is 11.3 Å². The fourth-order valence-electron chi connectivity index (χ4n) is 2.24. The van der Waals surface area contributed by atoms with Gasteiger partial charge in [-0.2, -0.15) is 0 Å². The van der Waals surface area contributed by atoms with E-state index in [1.54, 1.807) is 6.20 Å². The maximum Gasteiger partial charge on any atom is 0.350 e. The van der Waals surface area contributed by atoms with Gasteiger partial charge >= 0.3 is 5.97 Å². The molecule has 2 aromatic rings. The van der Waals surface area contributed by atoms with E-state index in [0.717, 1.165) is 23.9 Å². The number of hydrogen-bond donors (Lipinski definition) is 0. The standard InChI is InChI=1S/C14H16N4O3S/c1-9-16-11(12(22-9)14(19)20-2)13-15-4-3-10(17-13)18-5-7-21-8-6-18/h3-4H,5-8H2,1-2H3. The Hall–Kier alpha value is -2.06. The summed E-state index contributed by atoms with van der Waals surface area (Å²) in [5, 5.41) is 0.774. The molecule has 7 nitrogen and oxygen atoms in total. The number of anilines is 1. The maximum atomic E-state index is 11.9. The number of carbonyl (C=O) groups excluding carboxylic acids is 1. The number of nitrogens with zero attached hydrogens (tertiary/aromatic N) is 4. The molecule has 1 aliphatic heterocycles. The van der Waals surface area contributed by atoms with E-state index in [1.807, 2.05) is 13.0 Å². The van der Waals surface area contributed by atoms with Crippen molar-refractivity contribution in [3.05, 3.63) is 22.1 Å². The van der Waals surface area contributed by atoms with Crippen molar-refractivity contribution in [2.24, 2.45) is 0 Å². The van der Waals surface area contributed by atoms with Crippen LogP contribution in [0.3, 0.4) is 0 Å². The van der Waals surface area contributed by atoms with Gasteiger partial charge in [0, 0.05) is 19.3 Å². The van der Waals surface area contributed by atoms with Gasteiger partial charge in [0.15, 0.2) is 5.82 Å². The molecule has 0 unspecified atom stereocenters. The Morgan fingerprint density at radius 1 is 1.36 bits per heavy atom. The van der Waals surface area contributed by atoms with E-state index in [0.29, 0.717) is 29.6 Å². The number of rotatable bonds is 3. The highest BCUT2D eigenvalue weighted by Gasteiger charge is 2.22. The molecular weight excluding hydrogens is 304 g/mol. The minimum absolute atomic E-state index is 0.416. The van der Waals surface area contributed by atoms with Crippen molar-refractivity contribution >= 4 is 23.1 Å². The van der Waals surface area contributed by atoms with Crippen LogP contribution in [0.2, 0.25) is 0 Å². The number of aromatic nitrogens is 3. The lowest BCUT2D eigenvalue weighted by Gasteiger charge is -2.27. The highest BCUT2D eigenvalue weighted by atomic mass is 32.1. The normalized spacial score (nSPS) is 14.9. The summed E-state index contributed by atoms with van der Waals surface area (Å²) in [4.78, 5) is 27.6. The summed E-state index contributed by atoms with van der Waals surface area (Å²) in [5.74, 6) is 0.837. The summed E-state index contributed by atoms with van der Waals surface area (Å²) in [6, 6.07) is 1.85. The van der Waals surface area contributed by atoms with E-state index >= 15 is 0 Å². The van der Waals surface area contributed by atoms with Crippen molar-refractivity contribution in [1.82, 2.24) is 15.0 Å². The molecule has 0 N–H and O–H groups in total. The van der Waals surface area contributed by atoms with Crippen LogP contribution in [0.1, 0.15) is 14.7 Å². The Morgan fingerprint density at radius 2 is 2.14 bits per heavy atom. The first-order valence-corrected chi connectivity index (χ1v) is 7.72. The molecule has 0 saturated carbocycles. The molecule has 1 aliphatic rings. The van der Waals surface area contributed by atoms with Crippen molar-refractivity contribution in [2.75, 3.05) is 38.3 Å². The summed E-state index contributed by atoms with van der Waals surface area (Å²) >= 11 is 1.28. The van der Waals surface area contributed by atoms with Crippen LogP contribution in [0.25, 0.3) is 11.5 Å². The summed E-state index contributed by atoms with van der Waals surface area (Å²) in [6.07, 6.45) is 1.68. The van der Waals surface area contributed by atoms with Gasteiger partial charge in [0.25, 0.3) is 0 Å². The molecule has 0 amide bonds. The Bertz CT molecular complexity index is 682. The SMILES string of the molecule is COC(=O)c1sc(C)nc1-c1nccc(N2CCOCC2)n1. The molecule has 3 rings (SSSR count). The molecule has 2 aromatic heterocycles. The Balaban J connectivity index is 1.97.